The van der Waals surface area contributed by atoms with Crippen molar-refractivity contribution < 1.29 is 9.72 Å². The highest BCUT2D eigenvalue weighted by Gasteiger charge is 2.31. The van der Waals surface area contributed by atoms with Gasteiger partial charge in [0.2, 0.25) is 0 Å². The lowest BCUT2D eigenvalue weighted by Crippen LogP contribution is -2.43. The Morgan fingerprint density at radius 1 is 1.30 bits per heavy atom. The van der Waals surface area contributed by atoms with Crippen molar-refractivity contribution >= 4 is 11.6 Å². The smallest absolute Gasteiger partial charge is 0.273 e. The summed E-state index contributed by atoms with van der Waals surface area (Å²) in [5.74, 6) is 0.566. The molecule has 1 unspecified atom stereocenters. The van der Waals surface area contributed by atoms with Crippen LogP contribution in [0.3, 0.4) is 0 Å². The van der Waals surface area contributed by atoms with E-state index in [1.165, 1.54) is 18.9 Å². The summed E-state index contributed by atoms with van der Waals surface area (Å²) in [6.45, 7) is 4.24. The van der Waals surface area contributed by atoms with Gasteiger partial charge in [-0.3, -0.25) is 14.9 Å². The van der Waals surface area contributed by atoms with E-state index in [-0.39, 0.29) is 11.6 Å². The molecule has 1 atom stereocenters. The molecule has 0 saturated carbocycles. The van der Waals surface area contributed by atoms with Crippen molar-refractivity contribution in [3.8, 4) is 0 Å². The zero-order chi connectivity index (χ0) is 16.4. The highest BCUT2D eigenvalue weighted by molar-refractivity contribution is 5.96. The SMILES string of the molecule is Cc1c(C(=O)N2CCC(C3CCCN3)CC2)cccc1[N+](=O)[O-]. The molecule has 1 amide bonds. The van der Waals surface area contributed by atoms with Crippen LogP contribution in [0.25, 0.3) is 0 Å². The number of hydrogen-bond donors (Lipinski definition) is 1. The highest BCUT2D eigenvalue weighted by atomic mass is 16.6. The van der Waals surface area contributed by atoms with Gasteiger partial charge in [0.15, 0.2) is 0 Å². The van der Waals surface area contributed by atoms with Crippen LogP contribution in [0.1, 0.15) is 41.6 Å². The fourth-order valence-corrected chi connectivity index (χ4v) is 3.84. The van der Waals surface area contributed by atoms with Crippen molar-refractivity contribution in [3.05, 3.63) is 39.4 Å². The third-order valence-electron chi connectivity index (χ3n) is 5.23. The summed E-state index contributed by atoms with van der Waals surface area (Å²) >= 11 is 0. The molecule has 2 aliphatic heterocycles. The average Bonchev–Trinajstić information content (AvgIpc) is 3.09. The molecule has 6 heteroatoms. The zero-order valence-corrected chi connectivity index (χ0v) is 13.5. The van der Waals surface area contributed by atoms with E-state index in [1.54, 1.807) is 19.1 Å². The molecule has 2 fully saturated rings. The van der Waals surface area contributed by atoms with Crippen molar-refractivity contribution in [2.75, 3.05) is 19.6 Å². The minimum atomic E-state index is -0.426. The average molecular weight is 317 g/mol. The second kappa shape index (κ2) is 6.66. The van der Waals surface area contributed by atoms with E-state index in [0.717, 1.165) is 32.5 Å². The standard InChI is InChI=1S/C17H23N3O3/c1-12-14(4-2-6-16(12)20(22)23)17(21)19-10-7-13(8-11-19)15-5-3-9-18-15/h2,4,6,13,15,18H,3,5,7-11H2,1H3. The molecular weight excluding hydrogens is 294 g/mol. The maximum atomic E-state index is 12.7. The summed E-state index contributed by atoms with van der Waals surface area (Å²) in [5.41, 5.74) is 0.930. The Kier molecular flexibility index (Phi) is 4.61. The van der Waals surface area contributed by atoms with Crippen LogP contribution in [-0.4, -0.2) is 41.4 Å². The molecule has 2 heterocycles. The van der Waals surface area contributed by atoms with Crippen molar-refractivity contribution in [3.63, 3.8) is 0 Å². The third kappa shape index (κ3) is 3.22. The van der Waals surface area contributed by atoms with E-state index in [9.17, 15) is 14.9 Å². The van der Waals surface area contributed by atoms with E-state index >= 15 is 0 Å². The van der Waals surface area contributed by atoms with Crippen LogP contribution in [0.15, 0.2) is 18.2 Å². The van der Waals surface area contributed by atoms with Gasteiger partial charge in [-0.1, -0.05) is 6.07 Å². The topological polar surface area (TPSA) is 75.5 Å². The van der Waals surface area contributed by atoms with E-state index < -0.39 is 4.92 Å². The van der Waals surface area contributed by atoms with Gasteiger partial charge >= 0.3 is 0 Å². The number of nitro benzene ring substituents is 1. The van der Waals surface area contributed by atoms with Gasteiger partial charge in [-0.25, -0.2) is 0 Å². The summed E-state index contributed by atoms with van der Waals surface area (Å²) in [6, 6.07) is 5.33. The van der Waals surface area contributed by atoms with Crippen LogP contribution >= 0.6 is 0 Å². The number of amides is 1. The Hall–Kier alpha value is -1.95. The number of likely N-dealkylation sites (tertiary alicyclic amines) is 1. The maximum Gasteiger partial charge on any atom is 0.273 e. The molecule has 2 aliphatic rings. The molecule has 2 saturated heterocycles. The first-order valence-corrected chi connectivity index (χ1v) is 8.34. The first kappa shape index (κ1) is 15.9. The number of nitro groups is 1. The minimum absolute atomic E-state index is 0.0147. The van der Waals surface area contributed by atoms with Gasteiger partial charge in [0, 0.05) is 36.3 Å². The molecule has 1 aromatic carbocycles. The Morgan fingerprint density at radius 3 is 2.65 bits per heavy atom. The van der Waals surface area contributed by atoms with Gasteiger partial charge in [-0.05, 0) is 51.1 Å². The lowest BCUT2D eigenvalue weighted by molar-refractivity contribution is -0.385. The number of rotatable bonds is 3. The molecule has 0 aromatic heterocycles. The molecule has 1 aromatic rings. The molecule has 0 spiro atoms. The molecule has 124 valence electrons. The normalized spacial score (nSPS) is 22.3. The Balaban J connectivity index is 1.68. The molecule has 6 nitrogen and oxygen atoms in total. The predicted octanol–water partition coefficient (Wildman–Crippen LogP) is 2.51. The summed E-state index contributed by atoms with van der Waals surface area (Å²) in [6.07, 6.45) is 4.51. The van der Waals surface area contributed by atoms with E-state index in [2.05, 4.69) is 5.32 Å². The first-order chi connectivity index (χ1) is 11.1. The number of hydrogen-bond acceptors (Lipinski definition) is 4. The largest absolute Gasteiger partial charge is 0.339 e. The van der Waals surface area contributed by atoms with E-state index in [4.69, 9.17) is 0 Å². The summed E-state index contributed by atoms with van der Waals surface area (Å²) < 4.78 is 0. The summed E-state index contributed by atoms with van der Waals surface area (Å²) in [7, 11) is 0. The number of piperidine rings is 1. The zero-order valence-electron chi connectivity index (χ0n) is 13.5. The van der Waals surface area contributed by atoms with Crippen molar-refractivity contribution in [2.24, 2.45) is 5.92 Å². The third-order valence-corrected chi connectivity index (χ3v) is 5.23. The molecule has 0 radical (unpaired) electrons. The Labute approximate surface area is 136 Å². The monoisotopic (exact) mass is 317 g/mol. The van der Waals surface area contributed by atoms with Crippen LogP contribution in [0, 0.1) is 23.0 Å². The summed E-state index contributed by atoms with van der Waals surface area (Å²) in [4.78, 5) is 25.2. The number of carbonyl (C=O) groups is 1. The van der Waals surface area contributed by atoms with Gasteiger partial charge in [0.1, 0.15) is 0 Å². The van der Waals surface area contributed by atoms with E-state index in [0.29, 0.717) is 23.1 Å². The van der Waals surface area contributed by atoms with Gasteiger partial charge in [0.05, 0.1) is 4.92 Å². The predicted molar refractivity (Wildman–Crippen MR) is 87.5 cm³/mol. The fourth-order valence-electron chi connectivity index (χ4n) is 3.84. The van der Waals surface area contributed by atoms with Crippen molar-refractivity contribution in [1.82, 2.24) is 10.2 Å². The van der Waals surface area contributed by atoms with Crippen LogP contribution in [0.5, 0.6) is 0 Å². The Morgan fingerprint density at radius 2 is 2.04 bits per heavy atom. The van der Waals surface area contributed by atoms with Crippen molar-refractivity contribution in [1.29, 1.82) is 0 Å². The summed E-state index contributed by atoms with van der Waals surface area (Å²) in [5, 5.41) is 14.6. The molecule has 0 bridgehead atoms. The van der Waals surface area contributed by atoms with Crippen molar-refractivity contribution in [2.45, 2.75) is 38.6 Å². The number of nitrogens with one attached hydrogen (secondary N) is 1. The molecule has 23 heavy (non-hydrogen) atoms. The lowest BCUT2D eigenvalue weighted by Gasteiger charge is -2.35. The molecule has 0 aliphatic carbocycles. The molecule has 3 rings (SSSR count). The lowest BCUT2D eigenvalue weighted by atomic mass is 9.88. The fraction of sp³-hybridized carbons (Fsp3) is 0.588. The second-order valence-electron chi connectivity index (χ2n) is 6.54. The highest BCUT2D eigenvalue weighted by Crippen LogP contribution is 2.28. The van der Waals surface area contributed by atoms with Gasteiger partial charge < -0.3 is 10.2 Å². The molecule has 1 N–H and O–H groups in total. The van der Waals surface area contributed by atoms with Crippen LogP contribution in [-0.2, 0) is 0 Å². The number of carbonyl (C=O) groups excluding carboxylic acids is 1. The number of nitrogens with zero attached hydrogens (tertiary/aromatic N) is 2. The minimum Gasteiger partial charge on any atom is -0.339 e. The quantitative estimate of drug-likeness (QED) is 0.686. The van der Waals surface area contributed by atoms with Gasteiger partial charge in [-0.15, -0.1) is 0 Å². The van der Waals surface area contributed by atoms with E-state index in [1.807, 2.05) is 4.90 Å². The van der Waals surface area contributed by atoms with Gasteiger partial charge in [-0.2, -0.15) is 0 Å². The molecular formula is C17H23N3O3. The maximum absolute atomic E-state index is 12.7. The van der Waals surface area contributed by atoms with Crippen LogP contribution in [0.2, 0.25) is 0 Å². The van der Waals surface area contributed by atoms with Crippen LogP contribution < -0.4 is 5.32 Å². The Bertz CT molecular complexity index is 603. The van der Waals surface area contributed by atoms with Gasteiger partial charge in [0.25, 0.3) is 11.6 Å². The van der Waals surface area contributed by atoms with Crippen LogP contribution in [0.4, 0.5) is 5.69 Å². The first-order valence-electron chi connectivity index (χ1n) is 8.34. The second-order valence-corrected chi connectivity index (χ2v) is 6.54. The number of benzene rings is 1.